The molecule has 2 aliphatic rings. The van der Waals surface area contributed by atoms with E-state index in [-0.39, 0.29) is 0 Å². The molecular formula is C14H29N3O. The smallest absolute Gasteiger partial charge is 0.0572 e. The van der Waals surface area contributed by atoms with E-state index in [9.17, 15) is 0 Å². The SMILES string of the molecule is COC1CCC(N(C)CCN2CCNCC2)CC1. The number of methoxy groups -OCH3 is 1. The highest BCUT2D eigenvalue weighted by atomic mass is 16.5. The van der Waals surface area contributed by atoms with Gasteiger partial charge in [-0.1, -0.05) is 0 Å². The van der Waals surface area contributed by atoms with E-state index in [0.717, 1.165) is 19.1 Å². The van der Waals surface area contributed by atoms with Crippen LogP contribution >= 0.6 is 0 Å². The van der Waals surface area contributed by atoms with Gasteiger partial charge in [0.25, 0.3) is 0 Å². The third-order valence-corrected chi connectivity index (χ3v) is 4.58. The van der Waals surface area contributed by atoms with Crippen molar-refractivity contribution >= 4 is 0 Å². The standard InChI is InChI=1S/C14H29N3O/c1-16(11-12-17-9-7-15-8-10-17)13-3-5-14(18-2)6-4-13/h13-15H,3-12H2,1-2H3. The maximum absolute atomic E-state index is 5.44. The molecular weight excluding hydrogens is 226 g/mol. The summed E-state index contributed by atoms with van der Waals surface area (Å²) in [6.07, 6.45) is 5.59. The first-order valence-corrected chi connectivity index (χ1v) is 7.45. The van der Waals surface area contributed by atoms with Crippen LogP contribution in [-0.2, 0) is 4.74 Å². The summed E-state index contributed by atoms with van der Waals surface area (Å²) in [7, 11) is 4.14. The second-order valence-electron chi connectivity index (χ2n) is 5.74. The van der Waals surface area contributed by atoms with Gasteiger partial charge in [-0.05, 0) is 32.7 Å². The molecule has 0 spiro atoms. The van der Waals surface area contributed by atoms with Crippen molar-refractivity contribution in [1.29, 1.82) is 0 Å². The summed E-state index contributed by atoms with van der Waals surface area (Å²) < 4.78 is 5.44. The lowest BCUT2D eigenvalue weighted by molar-refractivity contribution is 0.0420. The van der Waals surface area contributed by atoms with Crippen molar-refractivity contribution in [3.05, 3.63) is 0 Å². The fourth-order valence-electron chi connectivity index (χ4n) is 3.14. The molecule has 2 rings (SSSR count). The molecule has 0 aromatic heterocycles. The lowest BCUT2D eigenvalue weighted by atomic mass is 9.92. The van der Waals surface area contributed by atoms with Crippen LogP contribution in [0.5, 0.6) is 0 Å². The van der Waals surface area contributed by atoms with E-state index in [4.69, 9.17) is 4.74 Å². The molecule has 0 bridgehead atoms. The van der Waals surface area contributed by atoms with E-state index >= 15 is 0 Å². The van der Waals surface area contributed by atoms with Gasteiger partial charge in [0.2, 0.25) is 0 Å². The number of hydrogen-bond acceptors (Lipinski definition) is 4. The van der Waals surface area contributed by atoms with Crippen molar-refractivity contribution < 1.29 is 4.74 Å². The topological polar surface area (TPSA) is 27.7 Å². The number of hydrogen-bond donors (Lipinski definition) is 1. The molecule has 4 heteroatoms. The lowest BCUT2D eigenvalue weighted by Crippen LogP contribution is -2.47. The van der Waals surface area contributed by atoms with E-state index in [1.54, 1.807) is 0 Å². The van der Waals surface area contributed by atoms with E-state index in [2.05, 4.69) is 22.2 Å². The van der Waals surface area contributed by atoms with Gasteiger partial charge in [-0.15, -0.1) is 0 Å². The third kappa shape index (κ3) is 4.19. The van der Waals surface area contributed by atoms with Crippen LogP contribution in [0.1, 0.15) is 25.7 Å². The Morgan fingerprint density at radius 2 is 1.83 bits per heavy atom. The normalized spacial score (nSPS) is 30.8. The van der Waals surface area contributed by atoms with Crippen molar-refractivity contribution in [3.63, 3.8) is 0 Å². The Kier molecular flexibility index (Phi) is 5.89. The van der Waals surface area contributed by atoms with Gasteiger partial charge in [0.05, 0.1) is 6.10 Å². The van der Waals surface area contributed by atoms with Crippen LogP contribution in [0.4, 0.5) is 0 Å². The summed E-state index contributed by atoms with van der Waals surface area (Å²) >= 11 is 0. The second kappa shape index (κ2) is 7.43. The monoisotopic (exact) mass is 255 g/mol. The van der Waals surface area contributed by atoms with Crippen molar-refractivity contribution in [2.75, 3.05) is 53.4 Å². The summed E-state index contributed by atoms with van der Waals surface area (Å²) in [5.41, 5.74) is 0. The van der Waals surface area contributed by atoms with E-state index < -0.39 is 0 Å². The molecule has 106 valence electrons. The predicted molar refractivity (Wildman–Crippen MR) is 75.0 cm³/mol. The summed E-state index contributed by atoms with van der Waals surface area (Å²) in [5.74, 6) is 0. The largest absolute Gasteiger partial charge is 0.381 e. The second-order valence-corrected chi connectivity index (χ2v) is 5.74. The maximum atomic E-state index is 5.44. The van der Waals surface area contributed by atoms with Crippen LogP contribution in [0.15, 0.2) is 0 Å². The lowest BCUT2D eigenvalue weighted by Gasteiger charge is -2.36. The van der Waals surface area contributed by atoms with Gasteiger partial charge < -0.3 is 15.0 Å². The van der Waals surface area contributed by atoms with Gasteiger partial charge in [-0.2, -0.15) is 0 Å². The van der Waals surface area contributed by atoms with Crippen molar-refractivity contribution in [2.45, 2.75) is 37.8 Å². The average Bonchev–Trinajstić information content (AvgIpc) is 2.46. The number of nitrogens with one attached hydrogen (secondary N) is 1. The average molecular weight is 255 g/mol. The van der Waals surface area contributed by atoms with E-state index in [1.807, 2.05) is 7.11 Å². The Bertz CT molecular complexity index is 223. The zero-order valence-corrected chi connectivity index (χ0v) is 12.0. The molecule has 1 saturated carbocycles. The molecule has 1 N–H and O–H groups in total. The number of ether oxygens (including phenoxy) is 1. The van der Waals surface area contributed by atoms with Crippen molar-refractivity contribution in [3.8, 4) is 0 Å². The van der Waals surface area contributed by atoms with Gasteiger partial charge in [0.1, 0.15) is 0 Å². The first-order chi connectivity index (χ1) is 8.79. The van der Waals surface area contributed by atoms with Crippen LogP contribution in [0.2, 0.25) is 0 Å². The molecule has 0 aromatic rings. The summed E-state index contributed by atoms with van der Waals surface area (Å²) in [4.78, 5) is 5.14. The predicted octanol–water partition coefficient (Wildman–Crippen LogP) is 0.781. The molecule has 4 nitrogen and oxygen atoms in total. The summed E-state index contributed by atoms with van der Waals surface area (Å²) in [5, 5.41) is 3.41. The van der Waals surface area contributed by atoms with Crippen molar-refractivity contribution in [1.82, 2.24) is 15.1 Å². The molecule has 0 aromatic carbocycles. The number of nitrogens with zero attached hydrogens (tertiary/aromatic N) is 2. The van der Waals surface area contributed by atoms with Gasteiger partial charge in [0, 0.05) is 52.4 Å². The van der Waals surface area contributed by atoms with Crippen LogP contribution in [-0.4, -0.2) is 75.4 Å². The highest BCUT2D eigenvalue weighted by Gasteiger charge is 2.23. The van der Waals surface area contributed by atoms with Crippen LogP contribution in [0.3, 0.4) is 0 Å². The van der Waals surface area contributed by atoms with E-state index in [0.29, 0.717) is 6.10 Å². The Morgan fingerprint density at radius 3 is 2.44 bits per heavy atom. The molecule has 0 radical (unpaired) electrons. The first-order valence-electron chi connectivity index (χ1n) is 7.45. The van der Waals surface area contributed by atoms with Crippen LogP contribution in [0.25, 0.3) is 0 Å². The highest BCUT2D eigenvalue weighted by Crippen LogP contribution is 2.23. The van der Waals surface area contributed by atoms with Crippen molar-refractivity contribution in [2.24, 2.45) is 0 Å². The number of piperazine rings is 1. The molecule has 18 heavy (non-hydrogen) atoms. The Hall–Kier alpha value is -0.160. The zero-order chi connectivity index (χ0) is 12.8. The molecule has 2 fully saturated rings. The van der Waals surface area contributed by atoms with Crippen LogP contribution < -0.4 is 5.32 Å². The summed E-state index contributed by atoms with van der Waals surface area (Å²) in [6, 6.07) is 0.777. The molecule has 1 aliphatic heterocycles. The molecule has 1 aliphatic carbocycles. The number of rotatable bonds is 5. The van der Waals surface area contributed by atoms with Gasteiger partial charge in [0.15, 0.2) is 0 Å². The minimum Gasteiger partial charge on any atom is -0.381 e. The Labute approximate surface area is 112 Å². The minimum atomic E-state index is 0.516. The van der Waals surface area contributed by atoms with E-state index in [1.165, 1.54) is 51.9 Å². The minimum absolute atomic E-state index is 0.516. The molecule has 1 heterocycles. The fourth-order valence-corrected chi connectivity index (χ4v) is 3.14. The fraction of sp³-hybridized carbons (Fsp3) is 1.00. The molecule has 0 unspecified atom stereocenters. The quantitative estimate of drug-likeness (QED) is 0.786. The molecule has 0 amide bonds. The van der Waals surface area contributed by atoms with Gasteiger partial charge >= 0.3 is 0 Å². The third-order valence-electron chi connectivity index (χ3n) is 4.58. The van der Waals surface area contributed by atoms with Gasteiger partial charge in [-0.25, -0.2) is 0 Å². The Balaban J connectivity index is 1.63. The molecule has 0 atom stereocenters. The summed E-state index contributed by atoms with van der Waals surface area (Å²) in [6.45, 7) is 7.17. The van der Waals surface area contributed by atoms with Crippen LogP contribution in [0, 0.1) is 0 Å². The zero-order valence-electron chi connectivity index (χ0n) is 12.0. The highest BCUT2D eigenvalue weighted by molar-refractivity contribution is 4.79. The van der Waals surface area contributed by atoms with Gasteiger partial charge in [-0.3, -0.25) is 4.90 Å². The number of likely N-dealkylation sites (N-methyl/N-ethyl adjacent to an activating group) is 1. The maximum Gasteiger partial charge on any atom is 0.0572 e. The first kappa shape index (κ1) is 14.3. The molecule has 1 saturated heterocycles. The Morgan fingerprint density at radius 1 is 1.17 bits per heavy atom.